The van der Waals surface area contributed by atoms with Gasteiger partial charge in [0.2, 0.25) is 0 Å². The first kappa shape index (κ1) is 11.6. The highest BCUT2D eigenvalue weighted by Crippen LogP contribution is 2.24. The van der Waals surface area contributed by atoms with Gasteiger partial charge < -0.3 is 5.32 Å². The van der Waals surface area contributed by atoms with E-state index in [0.29, 0.717) is 6.54 Å². The summed E-state index contributed by atoms with van der Waals surface area (Å²) in [6.07, 6.45) is 1.80. The number of aromatic nitrogens is 1. The van der Waals surface area contributed by atoms with Gasteiger partial charge in [-0.05, 0) is 28.1 Å². The molecule has 0 atom stereocenters. The van der Waals surface area contributed by atoms with Crippen molar-refractivity contribution in [2.75, 3.05) is 11.9 Å². The number of nitrogens with one attached hydrogen (secondary N) is 1. The summed E-state index contributed by atoms with van der Waals surface area (Å²) in [5.41, 5.74) is 1.99. The molecule has 1 aromatic carbocycles. The summed E-state index contributed by atoms with van der Waals surface area (Å²) in [7, 11) is 0. The third-order valence-electron chi connectivity index (χ3n) is 2.15. The molecule has 0 saturated carbocycles. The largest absolute Gasteiger partial charge is 0.379 e. The van der Waals surface area contributed by atoms with Crippen LogP contribution in [0, 0.1) is 0 Å². The number of pyridine rings is 1. The Balaban J connectivity index is 2.41. The van der Waals surface area contributed by atoms with Crippen LogP contribution in [0.5, 0.6) is 0 Å². The van der Waals surface area contributed by atoms with E-state index in [2.05, 4.69) is 54.8 Å². The summed E-state index contributed by atoms with van der Waals surface area (Å²) in [6, 6.07) is 8.12. The number of para-hydroxylation sites is 1. The highest BCUT2D eigenvalue weighted by Gasteiger charge is 2.02. The average Bonchev–Trinajstić information content (AvgIpc) is 2.25. The molecule has 1 heterocycles. The van der Waals surface area contributed by atoms with E-state index in [9.17, 15) is 0 Å². The molecule has 0 aliphatic carbocycles. The van der Waals surface area contributed by atoms with Crippen molar-refractivity contribution < 1.29 is 0 Å². The van der Waals surface area contributed by atoms with Crippen molar-refractivity contribution >= 4 is 48.5 Å². The van der Waals surface area contributed by atoms with Gasteiger partial charge in [-0.25, -0.2) is 0 Å². The minimum atomic E-state index is 0.691. The molecule has 2 nitrogen and oxygen atoms in total. The Kier molecular flexibility index (Phi) is 3.61. The lowest BCUT2D eigenvalue weighted by Gasteiger charge is -2.08. The first-order chi connectivity index (χ1) is 7.66. The number of halogens is 2. The van der Waals surface area contributed by atoms with E-state index in [0.717, 1.165) is 25.5 Å². The third-order valence-corrected chi connectivity index (χ3v) is 2.86. The molecule has 0 bridgehead atoms. The lowest BCUT2D eigenvalue weighted by atomic mass is 10.2. The number of fused-ring (bicyclic) bond motifs is 1. The number of nitrogens with zero attached hydrogens (tertiary/aromatic N) is 1. The molecule has 0 saturated heterocycles. The predicted octanol–water partition coefficient (Wildman–Crippen LogP) is 4.32. The SMILES string of the molecule is C=C(Br)CNc1cccc2cc(Br)cnc12. The fourth-order valence-corrected chi connectivity index (χ4v) is 1.96. The van der Waals surface area contributed by atoms with Gasteiger partial charge in [0.1, 0.15) is 0 Å². The number of hydrogen-bond donors (Lipinski definition) is 1. The van der Waals surface area contributed by atoms with Crippen LogP contribution in [0.1, 0.15) is 0 Å². The molecule has 1 aromatic heterocycles. The van der Waals surface area contributed by atoms with Gasteiger partial charge in [-0.2, -0.15) is 0 Å². The van der Waals surface area contributed by atoms with Gasteiger partial charge in [-0.3, -0.25) is 4.98 Å². The Morgan fingerprint density at radius 1 is 1.44 bits per heavy atom. The summed E-state index contributed by atoms with van der Waals surface area (Å²) in [6.45, 7) is 4.48. The molecule has 0 amide bonds. The third kappa shape index (κ3) is 2.62. The van der Waals surface area contributed by atoms with Gasteiger partial charge in [0.25, 0.3) is 0 Å². The Labute approximate surface area is 111 Å². The van der Waals surface area contributed by atoms with Crippen LogP contribution in [0.3, 0.4) is 0 Å². The number of anilines is 1. The number of benzene rings is 1. The molecule has 82 valence electrons. The van der Waals surface area contributed by atoms with Gasteiger partial charge >= 0.3 is 0 Å². The Hall–Kier alpha value is -0.870. The van der Waals surface area contributed by atoms with Crippen LogP contribution < -0.4 is 5.32 Å². The molecular weight excluding hydrogens is 332 g/mol. The lowest BCUT2D eigenvalue weighted by molar-refractivity contribution is 1.31. The normalized spacial score (nSPS) is 10.4. The topological polar surface area (TPSA) is 24.9 Å². The average molecular weight is 342 g/mol. The van der Waals surface area contributed by atoms with E-state index in [1.165, 1.54) is 0 Å². The second-order valence-electron chi connectivity index (χ2n) is 3.40. The maximum Gasteiger partial charge on any atom is 0.0934 e. The zero-order chi connectivity index (χ0) is 11.5. The quantitative estimate of drug-likeness (QED) is 0.899. The van der Waals surface area contributed by atoms with Crippen LogP contribution in [0.15, 0.2) is 46.0 Å². The molecule has 0 unspecified atom stereocenters. The van der Waals surface area contributed by atoms with Gasteiger partial charge in [0.15, 0.2) is 0 Å². The van der Waals surface area contributed by atoms with Crippen molar-refractivity contribution in [3.05, 3.63) is 46.0 Å². The van der Waals surface area contributed by atoms with E-state index >= 15 is 0 Å². The second-order valence-corrected chi connectivity index (χ2v) is 5.44. The number of hydrogen-bond acceptors (Lipinski definition) is 2. The van der Waals surface area contributed by atoms with Crippen molar-refractivity contribution in [2.45, 2.75) is 0 Å². The maximum absolute atomic E-state index is 4.40. The van der Waals surface area contributed by atoms with Gasteiger partial charge in [-0.15, -0.1) is 0 Å². The zero-order valence-corrected chi connectivity index (χ0v) is 11.7. The summed E-state index contributed by atoms with van der Waals surface area (Å²) in [5.74, 6) is 0. The van der Waals surface area contributed by atoms with Crippen LogP contribution in [0.2, 0.25) is 0 Å². The summed E-state index contributed by atoms with van der Waals surface area (Å²) in [5, 5.41) is 4.39. The van der Waals surface area contributed by atoms with Crippen LogP contribution in [0.4, 0.5) is 5.69 Å². The molecule has 1 N–H and O–H groups in total. The van der Waals surface area contributed by atoms with Crippen LogP contribution in [-0.4, -0.2) is 11.5 Å². The van der Waals surface area contributed by atoms with Gasteiger partial charge in [-0.1, -0.05) is 34.6 Å². The molecule has 4 heteroatoms. The highest BCUT2D eigenvalue weighted by molar-refractivity contribution is 9.11. The Morgan fingerprint density at radius 2 is 2.25 bits per heavy atom. The Bertz CT molecular complexity index is 538. The van der Waals surface area contributed by atoms with E-state index in [1.807, 2.05) is 18.2 Å². The number of rotatable bonds is 3. The first-order valence-corrected chi connectivity index (χ1v) is 6.37. The smallest absolute Gasteiger partial charge is 0.0934 e. The predicted molar refractivity (Wildman–Crippen MR) is 76.0 cm³/mol. The van der Waals surface area contributed by atoms with Crippen molar-refractivity contribution in [3.8, 4) is 0 Å². The minimum absolute atomic E-state index is 0.691. The monoisotopic (exact) mass is 340 g/mol. The first-order valence-electron chi connectivity index (χ1n) is 4.78. The fourth-order valence-electron chi connectivity index (χ4n) is 1.47. The van der Waals surface area contributed by atoms with Gasteiger partial charge in [0.05, 0.1) is 11.2 Å². The fraction of sp³-hybridized carbons (Fsp3) is 0.0833. The highest BCUT2D eigenvalue weighted by atomic mass is 79.9. The molecule has 0 spiro atoms. The molecular formula is C12H10Br2N2. The zero-order valence-electron chi connectivity index (χ0n) is 8.50. The van der Waals surface area contributed by atoms with E-state index < -0.39 is 0 Å². The van der Waals surface area contributed by atoms with Gasteiger partial charge in [0, 0.05) is 27.1 Å². The van der Waals surface area contributed by atoms with Crippen molar-refractivity contribution in [1.29, 1.82) is 0 Å². The second kappa shape index (κ2) is 4.97. The molecule has 0 radical (unpaired) electrons. The standard InChI is InChI=1S/C12H10Br2N2/c1-8(13)6-15-11-4-2-3-9-5-10(14)7-16-12(9)11/h2-5,7,15H,1,6H2. The summed E-state index contributed by atoms with van der Waals surface area (Å²) < 4.78 is 1.91. The Morgan fingerprint density at radius 3 is 3.00 bits per heavy atom. The maximum atomic E-state index is 4.40. The summed E-state index contributed by atoms with van der Waals surface area (Å²) in [4.78, 5) is 4.40. The van der Waals surface area contributed by atoms with E-state index in [4.69, 9.17) is 0 Å². The lowest BCUT2D eigenvalue weighted by Crippen LogP contribution is -2.01. The van der Waals surface area contributed by atoms with Crippen LogP contribution >= 0.6 is 31.9 Å². The molecule has 2 aromatic rings. The van der Waals surface area contributed by atoms with Crippen LogP contribution in [-0.2, 0) is 0 Å². The molecule has 2 rings (SSSR count). The van der Waals surface area contributed by atoms with E-state index in [1.54, 1.807) is 6.20 Å². The minimum Gasteiger partial charge on any atom is -0.379 e. The molecule has 16 heavy (non-hydrogen) atoms. The van der Waals surface area contributed by atoms with Crippen molar-refractivity contribution in [2.24, 2.45) is 0 Å². The van der Waals surface area contributed by atoms with E-state index in [-0.39, 0.29) is 0 Å². The molecule has 0 fully saturated rings. The molecule has 0 aliphatic heterocycles. The molecule has 0 aliphatic rings. The summed E-state index contributed by atoms with van der Waals surface area (Å²) >= 11 is 6.74. The van der Waals surface area contributed by atoms with Crippen molar-refractivity contribution in [1.82, 2.24) is 4.98 Å². The van der Waals surface area contributed by atoms with Crippen molar-refractivity contribution in [3.63, 3.8) is 0 Å². The van der Waals surface area contributed by atoms with Crippen LogP contribution in [0.25, 0.3) is 10.9 Å².